The number of rotatable bonds is 3. The van der Waals surface area contributed by atoms with Crippen LogP contribution in [0, 0.1) is 5.41 Å². The standard InChI is InChI=1S/C8H16INO4S/c1-7(2,3)8(5-9,6(11)10-12)15(4,13)14/h12H,5H2,1-4H3,(H,10,11). The summed E-state index contributed by atoms with van der Waals surface area (Å²) in [5.41, 5.74) is 0.650. The van der Waals surface area contributed by atoms with Gasteiger partial charge in [0.25, 0.3) is 5.91 Å². The number of carbonyl (C=O) groups is 1. The number of alkyl halides is 1. The van der Waals surface area contributed by atoms with Crippen LogP contribution in [0.2, 0.25) is 0 Å². The van der Waals surface area contributed by atoms with E-state index >= 15 is 0 Å². The lowest BCUT2D eigenvalue weighted by molar-refractivity contribution is -0.133. The zero-order chi connectivity index (χ0) is 12.5. The molecule has 0 saturated heterocycles. The highest BCUT2D eigenvalue weighted by Crippen LogP contribution is 2.39. The smallest absolute Gasteiger partial charge is 0.266 e. The van der Waals surface area contributed by atoms with Crippen LogP contribution in [0.5, 0.6) is 0 Å². The van der Waals surface area contributed by atoms with E-state index in [1.54, 1.807) is 20.8 Å². The van der Waals surface area contributed by atoms with E-state index in [2.05, 4.69) is 0 Å². The van der Waals surface area contributed by atoms with Gasteiger partial charge in [0.05, 0.1) is 0 Å². The minimum absolute atomic E-state index is 0.0828. The van der Waals surface area contributed by atoms with Gasteiger partial charge in [0.2, 0.25) is 0 Å². The summed E-state index contributed by atoms with van der Waals surface area (Å²) in [6.45, 7) is 4.96. The Bertz CT molecular complexity index is 346. The summed E-state index contributed by atoms with van der Waals surface area (Å²) in [7, 11) is -3.63. The topological polar surface area (TPSA) is 83.5 Å². The second kappa shape index (κ2) is 4.54. The molecular weight excluding hydrogens is 333 g/mol. The highest BCUT2D eigenvalue weighted by Gasteiger charge is 2.56. The van der Waals surface area contributed by atoms with Gasteiger partial charge in [-0.1, -0.05) is 43.4 Å². The quantitative estimate of drug-likeness (QED) is 0.341. The second-order valence-corrected chi connectivity index (χ2v) is 7.43. The molecule has 0 rings (SSSR count). The lowest BCUT2D eigenvalue weighted by atomic mass is 9.80. The number of hydroxylamine groups is 1. The third-order valence-corrected chi connectivity index (χ3v) is 6.37. The Morgan fingerprint density at radius 2 is 1.80 bits per heavy atom. The van der Waals surface area contributed by atoms with Crippen LogP contribution >= 0.6 is 22.6 Å². The van der Waals surface area contributed by atoms with Gasteiger partial charge in [0.1, 0.15) is 0 Å². The molecule has 1 unspecified atom stereocenters. The summed E-state index contributed by atoms with van der Waals surface area (Å²) in [4.78, 5) is 11.6. The van der Waals surface area contributed by atoms with E-state index in [0.29, 0.717) is 0 Å². The van der Waals surface area contributed by atoms with Crippen LogP contribution in [0.3, 0.4) is 0 Å². The Morgan fingerprint density at radius 1 is 1.40 bits per heavy atom. The molecule has 2 N–H and O–H groups in total. The number of sulfone groups is 1. The molecular formula is C8H16INO4S. The number of hydrogen-bond donors (Lipinski definition) is 2. The average Bonchev–Trinajstić information content (AvgIpc) is 2.00. The van der Waals surface area contributed by atoms with Crippen LogP contribution in [0.15, 0.2) is 0 Å². The molecule has 0 aromatic heterocycles. The Labute approximate surface area is 104 Å². The monoisotopic (exact) mass is 349 g/mol. The third-order valence-electron chi connectivity index (χ3n) is 2.50. The van der Waals surface area contributed by atoms with Gasteiger partial charge in [0.15, 0.2) is 14.6 Å². The van der Waals surface area contributed by atoms with Gasteiger partial charge in [-0.3, -0.25) is 10.0 Å². The van der Waals surface area contributed by atoms with Crippen molar-refractivity contribution in [2.45, 2.75) is 25.5 Å². The van der Waals surface area contributed by atoms with Crippen molar-refractivity contribution in [3.8, 4) is 0 Å². The number of carbonyl (C=O) groups excluding carboxylic acids is 1. The largest absolute Gasteiger partial charge is 0.289 e. The van der Waals surface area contributed by atoms with Crippen LogP contribution in [-0.4, -0.2) is 35.0 Å². The van der Waals surface area contributed by atoms with Crippen molar-refractivity contribution in [2.24, 2.45) is 5.41 Å². The highest BCUT2D eigenvalue weighted by molar-refractivity contribution is 14.1. The number of halogens is 1. The molecule has 0 spiro atoms. The molecule has 1 amide bonds. The molecule has 0 aromatic rings. The maximum absolute atomic E-state index is 11.8. The van der Waals surface area contributed by atoms with Crippen LogP contribution in [-0.2, 0) is 14.6 Å². The molecule has 1 atom stereocenters. The van der Waals surface area contributed by atoms with E-state index in [1.165, 1.54) is 5.48 Å². The number of nitrogens with one attached hydrogen (secondary N) is 1. The maximum atomic E-state index is 11.8. The van der Waals surface area contributed by atoms with Crippen LogP contribution in [0.4, 0.5) is 0 Å². The molecule has 15 heavy (non-hydrogen) atoms. The number of amides is 1. The first-order valence-corrected chi connectivity index (χ1v) is 7.66. The summed E-state index contributed by atoms with van der Waals surface area (Å²) < 4.78 is 22.0. The minimum atomic E-state index is -3.63. The van der Waals surface area contributed by atoms with E-state index in [1.807, 2.05) is 22.6 Å². The van der Waals surface area contributed by atoms with Gasteiger partial charge < -0.3 is 0 Å². The first kappa shape index (κ1) is 15.1. The predicted octanol–water partition coefficient (Wildman–Crippen LogP) is 0.756. The zero-order valence-electron chi connectivity index (χ0n) is 9.17. The molecule has 0 bridgehead atoms. The summed E-state index contributed by atoms with van der Waals surface area (Å²) >= 11 is 1.84. The lowest BCUT2D eigenvalue weighted by Gasteiger charge is -2.39. The molecule has 0 saturated carbocycles. The maximum Gasteiger partial charge on any atom is 0.266 e. The summed E-state index contributed by atoms with van der Waals surface area (Å²) in [6.07, 6.45) is 1.01. The Kier molecular flexibility index (Phi) is 4.57. The SMILES string of the molecule is CC(C)(C)C(CI)(C(=O)NO)S(C)(=O)=O. The highest BCUT2D eigenvalue weighted by atomic mass is 127. The van der Waals surface area contributed by atoms with Gasteiger partial charge >= 0.3 is 0 Å². The van der Waals surface area contributed by atoms with E-state index in [-0.39, 0.29) is 4.43 Å². The van der Waals surface area contributed by atoms with Crippen LogP contribution < -0.4 is 5.48 Å². The fourth-order valence-electron chi connectivity index (χ4n) is 1.52. The lowest BCUT2D eigenvalue weighted by Crippen LogP contribution is -2.60. The molecule has 7 heteroatoms. The molecule has 0 fully saturated rings. The van der Waals surface area contributed by atoms with Crippen molar-refractivity contribution >= 4 is 38.3 Å². The molecule has 0 radical (unpaired) electrons. The molecule has 5 nitrogen and oxygen atoms in total. The number of hydrogen-bond acceptors (Lipinski definition) is 4. The van der Waals surface area contributed by atoms with E-state index in [0.717, 1.165) is 6.26 Å². The van der Waals surface area contributed by atoms with E-state index in [9.17, 15) is 13.2 Å². The van der Waals surface area contributed by atoms with Gasteiger partial charge in [-0.15, -0.1) is 0 Å². The molecule has 0 aliphatic carbocycles. The van der Waals surface area contributed by atoms with Gasteiger partial charge in [-0.2, -0.15) is 0 Å². The average molecular weight is 349 g/mol. The van der Waals surface area contributed by atoms with Gasteiger partial charge in [0, 0.05) is 10.7 Å². The second-order valence-electron chi connectivity index (χ2n) is 4.42. The summed E-state index contributed by atoms with van der Waals surface area (Å²) in [5, 5.41) is 8.66. The van der Waals surface area contributed by atoms with Gasteiger partial charge in [-0.25, -0.2) is 13.9 Å². The van der Waals surface area contributed by atoms with Gasteiger partial charge in [-0.05, 0) is 5.41 Å². The van der Waals surface area contributed by atoms with E-state index < -0.39 is 25.9 Å². The fraction of sp³-hybridized carbons (Fsp3) is 0.875. The first-order valence-electron chi connectivity index (χ1n) is 4.24. The molecule has 0 aliphatic heterocycles. The van der Waals surface area contributed by atoms with Crippen molar-refractivity contribution in [1.29, 1.82) is 0 Å². The first-order chi connectivity index (χ1) is 6.54. The Balaban J connectivity index is 5.88. The fourth-order valence-corrected chi connectivity index (χ4v) is 6.40. The normalized spacial score (nSPS) is 16.9. The molecule has 0 aliphatic rings. The predicted molar refractivity (Wildman–Crippen MR) is 65.8 cm³/mol. The minimum Gasteiger partial charge on any atom is -0.289 e. The van der Waals surface area contributed by atoms with Crippen molar-refractivity contribution < 1.29 is 18.4 Å². The third kappa shape index (κ3) is 2.44. The van der Waals surface area contributed by atoms with E-state index in [4.69, 9.17) is 5.21 Å². The zero-order valence-corrected chi connectivity index (χ0v) is 12.1. The Hall–Kier alpha value is 0.110. The summed E-state index contributed by atoms with van der Waals surface area (Å²) in [6, 6.07) is 0. The molecule has 0 aromatic carbocycles. The van der Waals surface area contributed by atoms with Crippen LogP contribution in [0.25, 0.3) is 0 Å². The van der Waals surface area contributed by atoms with Crippen LogP contribution in [0.1, 0.15) is 20.8 Å². The van der Waals surface area contributed by atoms with Crippen molar-refractivity contribution in [3.63, 3.8) is 0 Å². The van der Waals surface area contributed by atoms with Crippen molar-refractivity contribution in [1.82, 2.24) is 5.48 Å². The van der Waals surface area contributed by atoms with Crippen molar-refractivity contribution in [2.75, 3.05) is 10.7 Å². The van der Waals surface area contributed by atoms with Crippen molar-refractivity contribution in [3.05, 3.63) is 0 Å². The molecule has 0 heterocycles. The summed E-state index contributed by atoms with van der Waals surface area (Å²) in [5.74, 6) is -0.882. The Morgan fingerprint density at radius 3 is 1.87 bits per heavy atom. The molecule has 90 valence electrons.